The van der Waals surface area contributed by atoms with Crippen LogP contribution in [-0.2, 0) is 11.2 Å². The van der Waals surface area contributed by atoms with Crippen molar-refractivity contribution in [3.05, 3.63) is 27.3 Å². The van der Waals surface area contributed by atoms with Crippen molar-refractivity contribution in [2.75, 3.05) is 5.73 Å². The molecule has 0 unspecified atom stereocenters. The number of nitrogens with two attached hydrogens (primary N) is 1. The summed E-state index contributed by atoms with van der Waals surface area (Å²) in [7, 11) is 0. The monoisotopic (exact) mass is 291 g/mol. The van der Waals surface area contributed by atoms with E-state index in [4.69, 9.17) is 10.8 Å². The summed E-state index contributed by atoms with van der Waals surface area (Å²) in [5.41, 5.74) is 7.27. The van der Waals surface area contributed by atoms with E-state index in [1.54, 1.807) is 0 Å². The van der Waals surface area contributed by atoms with Gasteiger partial charge in [-0.1, -0.05) is 0 Å². The van der Waals surface area contributed by atoms with E-state index in [0.717, 1.165) is 9.13 Å². The number of aryl methyl sites for hydroxylation is 1. The molecule has 0 aliphatic heterocycles. The summed E-state index contributed by atoms with van der Waals surface area (Å²) in [6.45, 7) is 0. The predicted molar refractivity (Wildman–Crippen MR) is 59.5 cm³/mol. The minimum Gasteiger partial charge on any atom is -0.481 e. The quantitative estimate of drug-likeness (QED) is 0.660. The summed E-state index contributed by atoms with van der Waals surface area (Å²) in [6.07, 6.45) is 0.693. The number of carboxylic acids is 1. The molecule has 0 bridgehead atoms. The van der Waals surface area contributed by atoms with Crippen molar-refractivity contribution in [3.63, 3.8) is 0 Å². The maximum absolute atomic E-state index is 10.3. The standard InChI is InChI=1S/C9H10INO2/c10-8-3-2-7(11)5-6(8)1-4-9(12)13/h2-3,5H,1,4,11H2,(H,12,13). The highest BCUT2D eigenvalue weighted by Gasteiger charge is 2.03. The molecule has 0 aliphatic carbocycles. The van der Waals surface area contributed by atoms with Gasteiger partial charge in [0.2, 0.25) is 0 Å². The van der Waals surface area contributed by atoms with Crippen molar-refractivity contribution < 1.29 is 9.90 Å². The maximum atomic E-state index is 10.3. The summed E-state index contributed by atoms with van der Waals surface area (Å²) in [5, 5.41) is 8.50. The third-order valence-corrected chi connectivity index (χ3v) is 2.73. The number of carboxylic acid groups (broad SMARTS) is 1. The summed E-state index contributed by atoms with van der Waals surface area (Å²) in [4.78, 5) is 10.3. The second-order valence-corrected chi connectivity index (χ2v) is 3.91. The number of nitrogen functional groups attached to an aromatic ring is 1. The molecular weight excluding hydrogens is 281 g/mol. The smallest absolute Gasteiger partial charge is 0.303 e. The molecule has 0 aliphatic rings. The summed E-state index contributed by atoms with van der Waals surface area (Å²) in [6, 6.07) is 5.53. The topological polar surface area (TPSA) is 63.3 Å². The van der Waals surface area contributed by atoms with Gasteiger partial charge in [0.25, 0.3) is 0 Å². The van der Waals surface area contributed by atoms with Crippen molar-refractivity contribution in [3.8, 4) is 0 Å². The zero-order valence-electron chi connectivity index (χ0n) is 6.96. The summed E-state index contributed by atoms with van der Waals surface area (Å²) >= 11 is 2.18. The van der Waals surface area contributed by atoms with Gasteiger partial charge in [0, 0.05) is 15.7 Å². The Kier molecular flexibility index (Phi) is 3.53. The predicted octanol–water partition coefficient (Wildman–Crippen LogP) is 1.89. The molecule has 0 fully saturated rings. The van der Waals surface area contributed by atoms with Crippen LogP contribution in [0.15, 0.2) is 18.2 Å². The van der Waals surface area contributed by atoms with E-state index in [1.165, 1.54) is 0 Å². The number of hydrogen-bond donors (Lipinski definition) is 2. The lowest BCUT2D eigenvalue weighted by Gasteiger charge is -2.03. The number of aliphatic carboxylic acids is 1. The van der Waals surface area contributed by atoms with Gasteiger partial charge in [-0.05, 0) is 52.8 Å². The number of anilines is 1. The molecule has 0 amide bonds. The van der Waals surface area contributed by atoms with Crippen molar-refractivity contribution in [1.29, 1.82) is 0 Å². The van der Waals surface area contributed by atoms with Crippen LogP contribution in [0.3, 0.4) is 0 Å². The Morgan fingerprint density at radius 3 is 2.85 bits per heavy atom. The molecule has 70 valence electrons. The van der Waals surface area contributed by atoms with Crippen molar-refractivity contribution in [2.24, 2.45) is 0 Å². The van der Waals surface area contributed by atoms with Gasteiger partial charge < -0.3 is 10.8 Å². The molecule has 0 saturated heterocycles. The van der Waals surface area contributed by atoms with Gasteiger partial charge in [-0.15, -0.1) is 0 Å². The highest BCUT2D eigenvalue weighted by Crippen LogP contribution is 2.17. The highest BCUT2D eigenvalue weighted by atomic mass is 127. The minimum absolute atomic E-state index is 0.152. The molecule has 1 aromatic carbocycles. The van der Waals surface area contributed by atoms with Crippen LogP contribution >= 0.6 is 22.6 Å². The fraction of sp³-hybridized carbons (Fsp3) is 0.222. The molecule has 1 aromatic rings. The summed E-state index contributed by atoms with van der Waals surface area (Å²) < 4.78 is 1.06. The van der Waals surface area contributed by atoms with Crippen molar-refractivity contribution in [1.82, 2.24) is 0 Å². The van der Waals surface area contributed by atoms with Gasteiger partial charge >= 0.3 is 5.97 Å². The second-order valence-electron chi connectivity index (χ2n) is 2.74. The van der Waals surface area contributed by atoms with Crippen LogP contribution in [0.25, 0.3) is 0 Å². The normalized spacial score (nSPS) is 9.92. The van der Waals surface area contributed by atoms with E-state index in [1.807, 2.05) is 18.2 Å². The second kappa shape index (κ2) is 4.45. The maximum Gasteiger partial charge on any atom is 0.303 e. The fourth-order valence-corrected chi connectivity index (χ4v) is 1.63. The first kappa shape index (κ1) is 10.3. The van der Waals surface area contributed by atoms with Gasteiger partial charge in [0.05, 0.1) is 0 Å². The minimum atomic E-state index is -0.779. The first-order valence-electron chi connectivity index (χ1n) is 3.85. The average molecular weight is 291 g/mol. The molecule has 0 spiro atoms. The number of rotatable bonds is 3. The Labute approximate surface area is 90.1 Å². The molecule has 3 N–H and O–H groups in total. The van der Waals surface area contributed by atoms with Gasteiger partial charge in [-0.25, -0.2) is 0 Å². The average Bonchev–Trinajstić information content (AvgIpc) is 2.06. The van der Waals surface area contributed by atoms with Crippen molar-refractivity contribution >= 4 is 34.2 Å². The molecular formula is C9H10INO2. The van der Waals surface area contributed by atoms with Gasteiger partial charge in [0.15, 0.2) is 0 Å². The number of carbonyl (C=O) groups is 1. The Bertz CT molecular complexity index is 325. The van der Waals surface area contributed by atoms with Gasteiger partial charge in [0.1, 0.15) is 0 Å². The van der Waals surface area contributed by atoms with Crippen LogP contribution in [0.4, 0.5) is 5.69 Å². The van der Waals surface area contributed by atoms with E-state index < -0.39 is 5.97 Å². The van der Waals surface area contributed by atoms with Crippen LogP contribution in [0.5, 0.6) is 0 Å². The molecule has 0 atom stereocenters. The first-order chi connectivity index (χ1) is 6.09. The van der Waals surface area contributed by atoms with E-state index in [0.29, 0.717) is 12.1 Å². The number of benzene rings is 1. The van der Waals surface area contributed by atoms with Crippen LogP contribution in [-0.4, -0.2) is 11.1 Å². The lowest BCUT2D eigenvalue weighted by atomic mass is 10.1. The molecule has 0 heterocycles. The SMILES string of the molecule is Nc1ccc(I)c(CCC(=O)O)c1. The van der Waals surface area contributed by atoms with Crippen LogP contribution in [0.2, 0.25) is 0 Å². The number of hydrogen-bond acceptors (Lipinski definition) is 2. The Hall–Kier alpha value is -0.780. The van der Waals surface area contributed by atoms with E-state index in [9.17, 15) is 4.79 Å². The molecule has 0 aromatic heterocycles. The molecule has 13 heavy (non-hydrogen) atoms. The first-order valence-corrected chi connectivity index (χ1v) is 4.93. The molecule has 4 heteroatoms. The molecule has 0 saturated carbocycles. The van der Waals surface area contributed by atoms with E-state index in [-0.39, 0.29) is 6.42 Å². The summed E-state index contributed by atoms with van der Waals surface area (Å²) in [5.74, 6) is -0.779. The molecule has 0 radical (unpaired) electrons. The Balaban J connectivity index is 2.75. The van der Waals surface area contributed by atoms with E-state index >= 15 is 0 Å². The zero-order chi connectivity index (χ0) is 9.84. The van der Waals surface area contributed by atoms with Crippen LogP contribution in [0.1, 0.15) is 12.0 Å². The Morgan fingerprint density at radius 2 is 2.23 bits per heavy atom. The number of halogens is 1. The van der Waals surface area contributed by atoms with Crippen molar-refractivity contribution in [2.45, 2.75) is 12.8 Å². The fourth-order valence-electron chi connectivity index (χ4n) is 1.03. The van der Waals surface area contributed by atoms with Gasteiger partial charge in [-0.3, -0.25) is 4.79 Å². The molecule has 1 rings (SSSR count). The lowest BCUT2D eigenvalue weighted by Crippen LogP contribution is -1.99. The Morgan fingerprint density at radius 1 is 1.54 bits per heavy atom. The zero-order valence-corrected chi connectivity index (χ0v) is 9.11. The highest BCUT2D eigenvalue weighted by molar-refractivity contribution is 14.1. The molecule has 3 nitrogen and oxygen atoms in total. The van der Waals surface area contributed by atoms with Gasteiger partial charge in [-0.2, -0.15) is 0 Å². The van der Waals surface area contributed by atoms with Crippen LogP contribution < -0.4 is 5.73 Å². The van der Waals surface area contributed by atoms with E-state index in [2.05, 4.69) is 22.6 Å². The third kappa shape index (κ3) is 3.22. The largest absolute Gasteiger partial charge is 0.481 e. The third-order valence-electron chi connectivity index (χ3n) is 1.68. The lowest BCUT2D eigenvalue weighted by molar-refractivity contribution is -0.136. The van der Waals surface area contributed by atoms with Crippen LogP contribution in [0, 0.1) is 3.57 Å².